The van der Waals surface area contributed by atoms with Crippen LogP contribution in [0.1, 0.15) is 50.3 Å². The molecule has 0 saturated heterocycles. The Morgan fingerprint density at radius 1 is 1.21 bits per heavy atom. The highest BCUT2D eigenvalue weighted by Gasteiger charge is 2.30. The summed E-state index contributed by atoms with van der Waals surface area (Å²) >= 11 is 6.15. The quantitative estimate of drug-likeness (QED) is 0.668. The van der Waals surface area contributed by atoms with Crippen LogP contribution in [0.25, 0.3) is 0 Å². The van der Waals surface area contributed by atoms with Gasteiger partial charge in [0.25, 0.3) is 0 Å². The average molecular weight is 402 g/mol. The lowest BCUT2D eigenvalue weighted by Crippen LogP contribution is -2.43. The van der Waals surface area contributed by atoms with E-state index in [0.29, 0.717) is 18.0 Å². The smallest absolute Gasteiger partial charge is 0.410 e. The van der Waals surface area contributed by atoms with E-state index in [0.717, 1.165) is 36.0 Å². The Hall–Kier alpha value is -2.20. The molecule has 2 aromatic rings. The van der Waals surface area contributed by atoms with Crippen molar-refractivity contribution in [3.05, 3.63) is 64.2 Å². The molecule has 0 spiro atoms. The second-order valence-electron chi connectivity index (χ2n) is 8.42. The topological polar surface area (TPSA) is 49.8 Å². The number of rotatable bonds is 3. The number of aryl methyl sites for hydroxylation is 1. The monoisotopic (exact) mass is 401 g/mol. The number of phenolic OH excluding ortho intramolecular Hbond substituents is 1. The van der Waals surface area contributed by atoms with Crippen LogP contribution in [-0.2, 0) is 24.1 Å². The van der Waals surface area contributed by atoms with Crippen LogP contribution in [0.15, 0.2) is 42.5 Å². The molecule has 2 aromatic carbocycles. The summed E-state index contributed by atoms with van der Waals surface area (Å²) in [6.07, 6.45) is 3.08. The maximum Gasteiger partial charge on any atom is 0.410 e. The number of hydrogen-bond acceptors (Lipinski definition) is 3. The van der Waals surface area contributed by atoms with E-state index in [9.17, 15) is 9.90 Å². The Labute approximate surface area is 172 Å². The lowest BCUT2D eigenvalue weighted by molar-refractivity contribution is 0.0130. The molecule has 0 fully saturated rings. The van der Waals surface area contributed by atoms with Gasteiger partial charge >= 0.3 is 6.09 Å². The SMILES string of the molecule is CC(C)(C)OC(=O)N(Cc1ccccc1)C1CCCc2cc(O)c(Cl)cc2C1. The van der Waals surface area contributed by atoms with Crippen LogP contribution < -0.4 is 0 Å². The minimum Gasteiger partial charge on any atom is -0.506 e. The van der Waals surface area contributed by atoms with E-state index in [4.69, 9.17) is 16.3 Å². The number of nitrogens with zero attached hydrogens (tertiary/aromatic N) is 1. The summed E-state index contributed by atoms with van der Waals surface area (Å²) in [6.45, 7) is 6.16. The number of phenols is 1. The van der Waals surface area contributed by atoms with Crippen LogP contribution >= 0.6 is 11.6 Å². The first kappa shape index (κ1) is 20.5. The van der Waals surface area contributed by atoms with Gasteiger partial charge in [-0.05, 0) is 75.3 Å². The van der Waals surface area contributed by atoms with Gasteiger partial charge in [-0.1, -0.05) is 41.9 Å². The molecule has 3 rings (SSSR count). The lowest BCUT2D eigenvalue weighted by atomic mass is 10.0. The standard InChI is InChI=1S/C23H28ClNO3/c1-23(2,3)28-22(27)25(15-16-8-5-4-6-9-16)19-11-7-10-17-14-21(26)20(24)13-18(17)12-19/h4-6,8-9,13-14,19,26H,7,10-12,15H2,1-3H3. The van der Waals surface area contributed by atoms with E-state index in [1.165, 1.54) is 0 Å². The Morgan fingerprint density at radius 2 is 1.93 bits per heavy atom. The molecular weight excluding hydrogens is 374 g/mol. The molecule has 0 bridgehead atoms. The summed E-state index contributed by atoms with van der Waals surface area (Å²) in [5, 5.41) is 10.3. The molecule has 1 atom stereocenters. The zero-order valence-electron chi connectivity index (χ0n) is 16.7. The van der Waals surface area contributed by atoms with E-state index in [-0.39, 0.29) is 17.9 Å². The van der Waals surface area contributed by atoms with Crippen molar-refractivity contribution in [2.24, 2.45) is 0 Å². The van der Waals surface area contributed by atoms with Gasteiger partial charge in [0.1, 0.15) is 11.4 Å². The van der Waals surface area contributed by atoms with Crippen molar-refractivity contribution >= 4 is 17.7 Å². The van der Waals surface area contributed by atoms with Crippen molar-refractivity contribution in [2.75, 3.05) is 0 Å². The molecule has 1 aliphatic rings. The van der Waals surface area contributed by atoms with E-state index in [2.05, 4.69) is 0 Å². The number of amides is 1. The van der Waals surface area contributed by atoms with Gasteiger partial charge in [0, 0.05) is 12.6 Å². The average Bonchev–Trinajstić information content (AvgIpc) is 2.81. The number of halogens is 1. The number of carbonyl (C=O) groups is 1. The molecule has 5 heteroatoms. The fourth-order valence-corrected chi connectivity index (χ4v) is 3.85. The van der Waals surface area contributed by atoms with Gasteiger partial charge in [-0.25, -0.2) is 4.79 Å². The van der Waals surface area contributed by atoms with Crippen LogP contribution in [0, 0.1) is 0 Å². The second kappa shape index (κ2) is 8.44. The van der Waals surface area contributed by atoms with Crippen LogP contribution in [0.4, 0.5) is 4.79 Å². The zero-order chi connectivity index (χ0) is 20.3. The van der Waals surface area contributed by atoms with Gasteiger partial charge in [-0.2, -0.15) is 0 Å². The molecular formula is C23H28ClNO3. The van der Waals surface area contributed by atoms with Crippen molar-refractivity contribution in [3.63, 3.8) is 0 Å². The minimum atomic E-state index is -0.552. The third-order valence-corrected chi connectivity index (χ3v) is 5.28. The Balaban J connectivity index is 1.89. The van der Waals surface area contributed by atoms with Crippen LogP contribution in [0.2, 0.25) is 5.02 Å². The molecule has 28 heavy (non-hydrogen) atoms. The minimum absolute atomic E-state index is 0.0110. The largest absolute Gasteiger partial charge is 0.506 e. The van der Waals surface area contributed by atoms with Crippen LogP contribution in [0.3, 0.4) is 0 Å². The van der Waals surface area contributed by atoms with Gasteiger partial charge in [0.05, 0.1) is 5.02 Å². The molecule has 0 aliphatic heterocycles. The zero-order valence-corrected chi connectivity index (χ0v) is 17.5. The summed E-state index contributed by atoms with van der Waals surface area (Å²) in [7, 11) is 0. The molecule has 1 N–H and O–H groups in total. The summed E-state index contributed by atoms with van der Waals surface area (Å²) in [5.74, 6) is 0.118. The molecule has 0 heterocycles. The summed E-state index contributed by atoms with van der Waals surface area (Å²) < 4.78 is 5.72. The van der Waals surface area contributed by atoms with Gasteiger partial charge in [0.15, 0.2) is 0 Å². The number of aromatic hydroxyl groups is 1. The Morgan fingerprint density at radius 3 is 2.61 bits per heavy atom. The Kier molecular flexibility index (Phi) is 6.19. The molecule has 0 radical (unpaired) electrons. The normalized spacial score (nSPS) is 16.8. The molecule has 0 saturated carbocycles. The first-order chi connectivity index (χ1) is 13.2. The molecule has 0 aromatic heterocycles. The highest BCUT2D eigenvalue weighted by atomic mass is 35.5. The predicted molar refractivity (Wildman–Crippen MR) is 112 cm³/mol. The third-order valence-electron chi connectivity index (χ3n) is 4.97. The van der Waals surface area contributed by atoms with Crippen molar-refractivity contribution < 1.29 is 14.6 Å². The van der Waals surface area contributed by atoms with E-state index in [1.807, 2.05) is 62.1 Å². The fourth-order valence-electron chi connectivity index (χ4n) is 3.66. The van der Waals surface area contributed by atoms with E-state index in [1.54, 1.807) is 6.07 Å². The third kappa shape index (κ3) is 5.20. The second-order valence-corrected chi connectivity index (χ2v) is 8.82. The molecule has 4 nitrogen and oxygen atoms in total. The molecule has 1 amide bonds. The summed E-state index contributed by atoms with van der Waals surface area (Å²) in [6, 6.07) is 13.6. The highest BCUT2D eigenvalue weighted by molar-refractivity contribution is 6.32. The fraction of sp³-hybridized carbons (Fsp3) is 0.435. The first-order valence-electron chi connectivity index (χ1n) is 9.77. The van der Waals surface area contributed by atoms with Crippen molar-refractivity contribution in [2.45, 2.75) is 64.6 Å². The van der Waals surface area contributed by atoms with Crippen LogP contribution in [0.5, 0.6) is 5.75 Å². The highest BCUT2D eigenvalue weighted by Crippen LogP contribution is 2.32. The number of benzene rings is 2. The van der Waals surface area contributed by atoms with Crippen molar-refractivity contribution in [3.8, 4) is 5.75 Å². The Bertz CT molecular complexity index is 830. The van der Waals surface area contributed by atoms with E-state index >= 15 is 0 Å². The van der Waals surface area contributed by atoms with Crippen molar-refractivity contribution in [1.29, 1.82) is 0 Å². The van der Waals surface area contributed by atoms with Gasteiger partial charge in [0.2, 0.25) is 0 Å². The van der Waals surface area contributed by atoms with Crippen molar-refractivity contribution in [1.82, 2.24) is 4.90 Å². The summed E-state index contributed by atoms with van der Waals surface area (Å²) in [4.78, 5) is 14.9. The lowest BCUT2D eigenvalue weighted by Gasteiger charge is -2.33. The number of hydrogen-bond donors (Lipinski definition) is 1. The number of ether oxygens (including phenoxy) is 1. The maximum atomic E-state index is 13.0. The van der Waals surface area contributed by atoms with Crippen LogP contribution in [-0.4, -0.2) is 27.7 Å². The summed E-state index contributed by atoms with van der Waals surface area (Å²) in [5.41, 5.74) is 2.71. The first-order valence-corrected chi connectivity index (χ1v) is 10.1. The number of carbonyl (C=O) groups excluding carboxylic acids is 1. The predicted octanol–water partition coefficient (Wildman–Crippen LogP) is 5.73. The van der Waals surface area contributed by atoms with Gasteiger partial charge in [-0.15, -0.1) is 0 Å². The van der Waals surface area contributed by atoms with Gasteiger partial charge < -0.3 is 14.7 Å². The molecule has 150 valence electrons. The van der Waals surface area contributed by atoms with Gasteiger partial charge in [-0.3, -0.25) is 0 Å². The number of fused-ring (bicyclic) bond motifs is 1. The van der Waals surface area contributed by atoms with E-state index < -0.39 is 5.60 Å². The molecule has 1 aliphatic carbocycles. The maximum absolute atomic E-state index is 13.0. The molecule has 1 unspecified atom stereocenters.